The highest BCUT2D eigenvalue weighted by molar-refractivity contribution is 6.33. The Morgan fingerprint density at radius 1 is 1.22 bits per heavy atom. The molecule has 0 fully saturated rings. The lowest BCUT2D eigenvalue weighted by Crippen LogP contribution is -2.31. The minimum absolute atomic E-state index is 0.0355. The lowest BCUT2D eigenvalue weighted by molar-refractivity contribution is -0.149. The summed E-state index contributed by atoms with van der Waals surface area (Å²) >= 11 is 6.53. The number of benzene rings is 2. The normalized spacial score (nSPS) is 17.6. The fourth-order valence-electron chi connectivity index (χ4n) is 4.15. The Bertz CT molecular complexity index is 937. The lowest BCUT2D eigenvalue weighted by Gasteiger charge is -2.26. The molecule has 3 rings (SSSR count). The van der Waals surface area contributed by atoms with Crippen molar-refractivity contribution in [2.75, 3.05) is 25.0 Å². The maximum Gasteiger partial charge on any atom is 0.307 e. The van der Waals surface area contributed by atoms with Crippen LogP contribution in [-0.4, -0.2) is 47.9 Å². The van der Waals surface area contributed by atoms with E-state index in [0.717, 1.165) is 22.4 Å². The quantitative estimate of drug-likeness (QED) is 0.427. The van der Waals surface area contributed by atoms with Crippen LogP contribution in [0.2, 0.25) is 5.02 Å². The number of ether oxygens (including phenoxy) is 1. The smallest absolute Gasteiger partial charge is 0.307 e. The molecule has 0 radical (unpaired) electrons. The first-order valence-corrected chi connectivity index (χ1v) is 11.1. The molecular weight excluding hydrogens is 432 g/mol. The molecule has 0 amide bonds. The van der Waals surface area contributed by atoms with Gasteiger partial charge in [0.2, 0.25) is 0 Å². The van der Waals surface area contributed by atoms with E-state index in [0.29, 0.717) is 37.7 Å². The summed E-state index contributed by atoms with van der Waals surface area (Å²) in [5.74, 6) is -3.74. The summed E-state index contributed by atoms with van der Waals surface area (Å²) in [4.78, 5) is 23.2. The van der Waals surface area contributed by atoms with Crippen molar-refractivity contribution in [1.82, 2.24) is 5.32 Å². The van der Waals surface area contributed by atoms with Crippen molar-refractivity contribution in [2.45, 2.75) is 38.3 Å². The van der Waals surface area contributed by atoms with Gasteiger partial charge in [0.05, 0.1) is 36.3 Å². The highest BCUT2D eigenvalue weighted by Gasteiger charge is 2.34. The highest BCUT2D eigenvalue weighted by atomic mass is 35.5. The number of nitrogens with one attached hydrogen (secondary N) is 2. The second-order valence-electron chi connectivity index (χ2n) is 8.14. The highest BCUT2D eigenvalue weighted by Crippen LogP contribution is 2.38. The average Bonchev–Trinajstić information content (AvgIpc) is 2.97. The van der Waals surface area contributed by atoms with Gasteiger partial charge in [-0.05, 0) is 42.6 Å². The molecule has 2 aromatic carbocycles. The van der Waals surface area contributed by atoms with Gasteiger partial charge >= 0.3 is 11.9 Å². The number of rotatable bonds is 10. The number of halogens is 1. The van der Waals surface area contributed by atoms with Crippen molar-refractivity contribution in [3.63, 3.8) is 0 Å². The molecule has 172 valence electrons. The summed E-state index contributed by atoms with van der Waals surface area (Å²) in [6.07, 6.45) is 0.224. The Balaban J connectivity index is 1.78. The molecule has 0 spiro atoms. The molecule has 1 aliphatic rings. The standard InChI is InChI=1S/C24H29ClN2O5/c1-15(13-32-14-16-5-3-2-4-6-16)27-23-18-9-10-26-12-20(17(18)7-8-21(23)25)19(24(30)31)11-22(28)29/h2-8,15,19-20,26-27H,9-14H2,1H3,(H,28,29)(H,30,31)/t15?,19?,20-/m0/s1. The van der Waals surface area contributed by atoms with Gasteiger partial charge in [0.25, 0.3) is 0 Å². The van der Waals surface area contributed by atoms with Gasteiger partial charge in [-0.25, -0.2) is 0 Å². The number of hydrogen-bond donors (Lipinski definition) is 4. The van der Waals surface area contributed by atoms with Crippen LogP contribution in [0.1, 0.15) is 36.0 Å². The van der Waals surface area contributed by atoms with Crippen LogP contribution in [-0.2, 0) is 27.4 Å². The Kier molecular flexibility index (Phi) is 8.50. The first kappa shape index (κ1) is 24.0. The summed E-state index contributed by atoms with van der Waals surface area (Å²) in [5, 5.41) is 26.2. The number of anilines is 1. The summed E-state index contributed by atoms with van der Waals surface area (Å²) in [5.41, 5.74) is 3.61. The fraction of sp³-hybridized carbons (Fsp3) is 0.417. The topological polar surface area (TPSA) is 108 Å². The van der Waals surface area contributed by atoms with Crippen LogP contribution in [0.4, 0.5) is 5.69 Å². The van der Waals surface area contributed by atoms with Gasteiger partial charge in [-0.3, -0.25) is 9.59 Å². The number of carboxylic acid groups (broad SMARTS) is 2. The molecule has 1 heterocycles. The zero-order chi connectivity index (χ0) is 23.1. The van der Waals surface area contributed by atoms with Gasteiger partial charge < -0.3 is 25.6 Å². The third-order valence-corrected chi connectivity index (χ3v) is 6.00. The number of aliphatic carboxylic acids is 2. The van der Waals surface area contributed by atoms with Crippen molar-refractivity contribution in [2.24, 2.45) is 5.92 Å². The van der Waals surface area contributed by atoms with Gasteiger partial charge in [-0.1, -0.05) is 48.0 Å². The van der Waals surface area contributed by atoms with E-state index >= 15 is 0 Å². The molecule has 8 heteroatoms. The van der Waals surface area contributed by atoms with Gasteiger partial charge in [0.1, 0.15) is 0 Å². The maximum atomic E-state index is 11.9. The second kappa shape index (κ2) is 11.3. The Hall–Kier alpha value is -2.61. The van der Waals surface area contributed by atoms with Crippen LogP contribution < -0.4 is 10.6 Å². The van der Waals surface area contributed by atoms with Crippen LogP contribution in [0.15, 0.2) is 42.5 Å². The van der Waals surface area contributed by atoms with Crippen molar-refractivity contribution >= 4 is 29.2 Å². The molecular formula is C24H29ClN2O5. The van der Waals surface area contributed by atoms with Crippen LogP contribution in [0, 0.1) is 5.92 Å². The van der Waals surface area contributed by atoms with E-state index in [9.17, 15) is 19.8 Å². The van der Waals surface area contributed by atoms with Gasteiger partial charge in [0, 0.05) is 18.5 Å². The molecule has 4 N–H and O–H groups in total. The maximum absolute atomic E-state index is 11.9. The van der Waals surface area contributed by atoms with E-state index in [1.165, 1.54) is 0 Å². The van der Waals surface area contributed by atoms with E-state index in [-0.39, 0.29) is 6.04 Å². The summed E-state index contributed by atoms with van der Waals surface area (Å²) in [6.45, 7) is 4.02. The van der Waals surface area contributed by atoms with Gasteiger partial charge in [-0.2, -0.15) is 0 Å². The monoisotopic (exact) mass is 460 g/mol. The number of carboxylic acids is 2. The summed E-state index contributed by atoms with van der Waals surface area (Å²) in [6, 6.07) is 13.5. The third kappa shape index (κ3) is 6.22. The number of carbonyl (C=O) groups is 2. The predicted octanol–water partition coefficient (Wildman–Crippen LogP) is 3.76. The SMILES string of the molecule is CC(COCc1ccccc1)Nc1c(Cl)ccc2c1CCNC[C@@H]2C(CC(=O)O)C(=O)O. The van der Waals surface area contributed by atoms with E-state index in [1.807, 2.05) is 43.3 Å². The molecule has 2 aromatic rings. The molecule has 0 bridgehead atoms. The largest absolute Gasteiger partial charge is 0.481 e. The molecule has 0 aromatic heterocycles. The fourth-order valence-corrected chi connectivity index (χ4v) is 4.39. The molecule has 0 saturated carbocycles. The van der Waals surface area contributed by atoms with E-state index < -0.39 is 30.2 Å². The van der Waals surface area contributed by atoms with Crippen LogP contribution in [0.25, 0.3) is 0 Å². The molecule has 7 nitrogen and oxygen atoms in total. The van der Waals surface area contributed by atoms with Gasteiger partial charge in [-0.15, -0.1) is 0 Å². The van der Waals surface area contributed by atoms with Crippen molar-refractivity contribution in [1.29, 1.82) is 0 Å². The van der Waals surface area contributed by atoms with E-state index in [4.69, 9.17) is 16.3 Å². The first-order valence-electron chi connectivity index (χ1n) is 10.7. The van der Waals surface area contributed by atoms with Crippen molar-refractivity contribution in [3.05, 3.63) is 64.2 Å². The van der Waals surface area contributed by atoms with Crippen molar-refractivity contribution in [3.8, 4) is 0 Å². The number of hydrogen-bond acceptors (Lipinski definition) is 5. The van der Waals surface area contributed by atoms with Crippen LogP contribution in [0.5, 0.6) is 0 Å². The minimum atomic E-state index is -1.13. The second-order valence-corrected chi connectivity index (χ2v) is 8.55. The first-order chi connectivity index (χ1) is 15.4. The molecule has 0 saturated heterocycles. The zero-order valence-electron chi connectivity index (χ0n) is 18.0. The predicted molar refractivity (Wildman–Crippen MR) is 123 cm³/mol. The summed E-state index contributed by atoms with van der Waals surface area (Å²) in [7, 11) is 0. The Morgan fingerprint density at radius 2 is 1.97 bits per heavy atom. The van der Waals surface area contributed by atoms with Crippen LogP contribution >= 0.6 is 11.6 Å². The average molecular weight is 461 g/mol. The summed E-state index contributed by atoms with van der Waals surface area (Å²) < 4.78 is 5.84. The van der Waals surface area contributed by atoms with Gasteiger partial charge in [0.15, 0.2) is 0 Å². The molecule has 0 aliphatic carbocycles. The minimum Gasteiger partial charge on any atom is -0.481 e. The Morgan fingerprint density at radius 3 is 2.66 bits per heavy atom. The Labute approximate surface area is 192 Å². The molecule has 1 aliphatic heterocycles. The third-order valence-electron chi connectivity index (χ3n) is 5.68. The van der Waals surface area contributed by atoms with Crippen LogP contribution in [0.3, 0.4) is 0 Å². The van der Waals surface area contributed by atoms with E-state index in [1.54, 1.807) is 6.07 Å². The molecule has 2 unspecified atom stereocenters. The molecule has 3 atom stereocenters. The lowest BCUT2D eigenvalue weighted by atomic mass is 9.81. The molecule has 32 heavy (non-hydrogen) atoms. The number of fused-ring (bicyclic) bond motifs is 1. The van der Waals surface area contributed by atoms with Crippen molar-refractivity contribution < 1.29 is 24.5 Å². The zero-order valence-corrected chi connectivity index (χ0v) is 18.8. The van der Waals surface area contributed by atoms with E-state index in [2.05, 4.69) is 10.6 Å².